The summed E-state index contributed by atoms with van der Waals surface area (Å²) in [5.74, 6) is -0.577. The lowest BCUT2D eigenvalue weighted by Crippen LogP contribution is -2.47. The number of urea groups is 1. The van der Waals surface area contributed by atoms with Gasteiger partial charge in [-0.25, -0.2) is 4.79 Å². The highest BCUT2D eigenvalue weighted by Crippen LogP contribution is 2.18. The highest BCUT2D eigenvalue weighted by atomic mass is 16.5. The molecule has 0 spiro atoms. The number of carbonyl (C=O) groups excluding carboxylic acids is 1. The molecule has 6 heteroatoms. The summed E-state index contributed by atoms with van der Waals surface area (Å²) in [5.41, 5.74) is 0. The van der Waals surface area contributed by atoms with Crippen molar-refractivity contribution in [1.29, 1.82) is 0 Å². The molecular formula is C14H24N2O4. The third kappa shape index (κ3) is 4.37. The molecule has 0 aromatic carbocycles. The van der Waals surface area contributed by atoms with E-state index in [2.05, 4.69) is 5.32 Å². The maximum atomic E-state index is 12.0. The van der Waals surface area contributed by atoms with Crippen molar-refractivity contribution in [1.82, 2.24) is 10.2 Å². The monoisotopic (exact) mass is 284 g/mol. The standard InChI is InChI=1S/C14H24N2O4/c17-13(18)12-2-1-7-16(10-12)14(19)15-6-3-11-4-8-20-9-5-11/h11-12H,1-10H2,(H,15,19)(H,17,18). The van der Waals surface area contributed by atoms with E-state index in [1.807, 2.05) is 0 Å². The lowest BCUT2D eigenvalue weighted by atomic mass is 9.96. The van der Waals surface area contributed by atoms with E-state index >= 15 is 0 Å². The summed E-state index contributed by atoms with van der Waals surface area (Å²) in [6.45, 7) is 3.30. The van der Waals surface area contributed by atoms with Crippen molar-refractivity contribution >= 4 is 12.0 Å². The van der Waals surface area contributed by atoms with Crippen LogP contribution in [0.3, 0.4) is 0 Å². The smallest absolute Gasteiger partial charge is 0.317 e. The average Bonchev–Trinajstić information content (AvgIpc) is 2.48. The zero-order valence-corrected chi connectivity index (χ0v) is 11.8. The van der Waals surface area contributed by atoms with Crippen molar-refractivity contribution in [2.24, 2.45) is 11.8 Å². The molecule has 2 saturated heterocycles. The summed E-state index contributed by atoms with van der Waals surface area (Å²) >= 11 is 0. The molecule has 2 rings (SSSR count). The number of carboxylic acid groups (broad SMARTS) is 1. The zero-order valence-electron chi connectivity index (χ0n) is 11.8. The van der Waals surface area contributed by atoms with E-state index in [9.17, 15) is 9.59 Å². The minimum absolute atomic E-state index is 0.122. The molecule has 2 aliphatic heterocycles. The number of hydrogen-bond donors (Lipinski definition) is 2. The second-order valence-electron chi connectivity index (χ2n) is 5.70. The van der Waals surface area contributed by atoms with Crippen LogP contribution in [-0.2, 0) is 9.53 Å². The molecule has 0 aromatic rings. The molecule has 2 fully saturated rings. The minimum atomic E-state index is -0.801. The molecule has 2 heterocycles. The lowest BCUT2D eigenvalue weighted by Gasteiger charge is -2.31. The second kappa shape index (κ2) is 7.47. The normalized spacial score (nSPS) is 24.4. The summed E-state index contributed by atoms with van der Waals surface area (Å²) in [5, 5.41) is 11.9. The van der Waals surface area contributed by atoms with Gasteiger partial charge in [0.25, 0.3) is 0 Å². The quantitative estimate of drug-likeness (QED) is 0.816. The first kappa shape index (κ1) is 15.1. The number of hydrogen-bond acceptors (Lipinski definition) is 3. The molecule has 0 saturated carbocycles. The van der Waals surface area contributed by atoms with Crippen LogP contribution in [-0.4, -0.2) is 54.9 Å². The number of nitrogens with one attached hydrogen (secondary N) is 1. The van der Waals surface area contributed by atoms with Crippen LogP contribution >= 0.6 is 0 Å². The number of aliphatic carboxylic acids is 1. The predicted octanol–water partition coefficient (Wildman–Crippen LogP) is 1.31. The van der Waals surface area contributed by atoms with Gasteiger partial charge in [-0.15, -0.1) is 0 Å². The summed E-state index contributed by atoms with van der Waals surface area (Å²) < 4.78 is 5.31. The molecule has 0 aromatic heterocycles. The van der Waals surface area contributed by atoms with Gasteiger partial charge in [-0.1, -0.05) is 0 Å². The van der Waals surface area contributed by atoms with Crippen LogP contribution in [0.4, 0.5) is 4.79 Å². The first-order chi connectivity index (χ1) is 9.66. The Kier molecular flexibility index (Phi) is 5.64. The van der Waals surface area contributed by atoms with Crippen LogP contribution in [0.2, 0.25) is 0 Å². The topological polar surface area (TPSA) is 78.9 Å². The number of carbonyl (C=O) groups is 2. The van der Waals surface area contributed by atoms with Crippen LogP contribution in [0.15, 0.2) is 0 Å². The number of carboxylic acids is 1. The summed E-state index contributed by atoms with van der Waals surface area (Å²) in [6.07, 6.45) is 4.55. The third-order valence-corrected chi connectivity index (χ3v) is 4.23. The second-order valence-corrected chi connectivity index (χ2v) is 5.70. The van der Waals surface area contributed by atoms with Gasteiger partial charge in [0.1, 0.15) is 0 Å². The molecule has 2 aliphatic rings. The van der Waals surface area contributed by atoms with Gasteiger partial charge in [-0.2, -0.15) is 0 Å². The number of nitrogens with zero attached hydrogens (tertiary/aromatic N) is 1. The Morgan fingerprint density at radius 1 is 1.25 bits per heavy atom. The van der Waals surface area contributed by atoms with Crippen molar-refractivity contribution in [3.05, 3.63) is 0 Å². The molecule has 1 unspecified atom stereocenters. The Morgan fingerprint density at radius 2 is 2.00 bits per heavy atom. The van der Waals surface area contributed by atoms with E-state index in [0.717, 1.165) is 38.9 Å². The van der Waals surface area contributed by atoms with E-state index in [-0.39, 0.29) is 6.03 Å². The molecule has 0 aliphatic carbocycles. The van der Waals surface area contributed by atoms with Crippen LogP contribution in [0.1, 0.15) is 32.1 Å². The van der Waals surface area contributed by atoms with Crippen molar-refractivity contribution in [2.45, 2.75) is 32.1 Å². The van der Waals surface area contributed by atoms with Gasteiger partial charge in [-0.3, -0.25) is 4.79 Å². The predicted molar refractivity (Wildman–Crippen MR) is 73.5 cm³/mol. The summed E-state index contributed by atoms with van der Waals surface area (Å²) in [7, 11) is 0. The molecule has 2 amide bonds. The highest BCUT2D eigenvalue weighted by Gasteiger charge is 2.28. The van der Waals surface area contributed by atoms with Gasteiger partial charge in [0.05, 0.1) is 5.92 Å². The first-order valence-corrected chi connectivity index (χ1v) is 7.50. The van der Waals surface area contributed by atoms with Crippen molar-refractivity contribution in [3.63, 3.8) is 0 Å². The number of amides is 2. The molecule has 1 atom stereocenters. The fraction of sp³-hybridized carbons (Fsp3) is 0.857. The van der Waals surface area contributed by atoms with E-state index in [1.54, 1.807) is 4.90 Å². The molecule has 6 nitrogen and oxygen atoms in total. The van der Waals surface area contributed by atoms with Gasteiger partial charge in [0, 0.05) is 32.8 Å². The zero-order chi connectivity index (χ0) is 14.4. The minimum Gasteiger partial charge on any atom is -0.481 e. The number of ether oxygens (including phenoxy) is 1. The van der Waals surface area contributed by atoms with Gasteiger partial charge in [0.15, 0.2) is 0 Å². The van der Waals surface area contributed by atoms with E-state index < -0.39 is 11.9 Å². The van der Waals surface area contributed by atoms with Gasteiger partial charge >= 0.3 is 12.0 Å². The first-order valence-electron chi connectivity index (χ1n) is 7.50. The number of likely N-dealkylation sites (tertiary alicyclic amines) is 1. The maximum absolute atomic E-state index is 12.0. The Hall–Kier alpha value is -1.30. The Labute approximate surface area is 119 Å². The molecule has 20 heavy (non-hydrogen) atoms. The number of piperidine rings is 1. The largest absolute Gasteiger partial charge is 0.481 e. The van der Waals surface area contributed by atoms with E-state index in [1.165, 1.54) is 0 Å². The lowest BCUT2D eigenvalue weighted by molar-refractivity contribution is -0.143. The van der Waals surface area contributed by atoms with E-state index in [0.29, 0.717) is 32.0 Å². The van der Waals surface area contributed by atoms with Gasteiger partial charge < -0.3 is 20.1 Å². The molecular weight excluding hydrogens is 260 g/mol. The van der Waals surface area contributed by atoms with E-state index in [4.69, 9.17) is 9.84 Å². The summed E-state index contributed by atoms with van der Waals surface area (Å²) in [6, 6.07) is -0.122. The third-order valence-electron chi connectivity index (χ3n) is 4.23. The molecule has 2 N–H and O–H groups in total. The number of rotatable bonds is 4. The van der Waals surface area contributed by atoms with Crippen LogP contribution in [0.25, 0.3) is 0 Å². The summed E-state index contributed by atoms with van der Waals surface area (Å²) in [4.78, 5) is 24.6. The Morgan fingerprint density at radius 3 is 2.70 bits per heavy atom. The maximum Gasteiger partial charge on any atom is 0.317 e. The van der Waals surface area contributed by atoms with Gasteiger partial charge in [-0.05, 0) is 38.0 Å². The van der Waals surface area contributed by atoms with Crippen LogP contribution in [0, 0.1) is 11.8 Å². The Balaban J connectivity index is 1.67. The SMILES string of the molecule is O=C(O)C1CCCN(C(=O)NCCC2CCOCC2)C1. The highest BCUT2D eigenvalue weighted by molar-refractivity contribution is 5.76. The molecule has 0 bridgehead atoms. The van der Waals surface area contributed by atoms with Crippen molar-refractivity contribution in [2.75, 3.05) is 32.8 Å². The van der Waals surface area contributed by atoms with Crippen LogP contribution in [0.5, 0.6) is 0 Å². The van der Waals surface area contributed by atoms with Crippen LogP contribution < -0.4 is 5.32 Å². The Bertz CT molecular complexity index is 342. The molecule has 114 valence electrons. The van der Waals surface area contributed by atoms with Crippen molar-refractivity contribution < 1.29 is 19.4 Å². The van der Waals surface area contributed by atoms with Crippen molar-refractivity contribution in [3.8, 4) is 0 Å². The molecule has 0 radical (unpaired) electrons. The fourth-order valence-corrected chi connectivity index (χ4v) is 2.89. The van der Waals surface area contributed by atoms with Gasteiger partial charge in [0.2, 0.25) is 0 Å². The fourth-order valence-electron chi connectivity index (χ4n) is 2.89. The average molecular weight is 284 g/mol.